The van der Waals surface area contributed by atoms with Gasteiger partial charge in [-0.05, 0) is 25.7 Å². The third-order valence-corrected chi connectivity index (χ3v) is 2.56. The van der Waals surface area contributed by atoms with Gasteiger partial charge < -0.3 is 5.11 Å². The van der Waals surface area contributed by atoms with Gasteiger partial charge in [-0.15, -0.1) is 0 Å². The summed E-state index contributed by atoms with van der Waals surface area (Å²) < 4.78 is 0. The third kappa shape index (κ3) is 1.90. The fraction of sp³-hybridized carbons (Fsp3) is 0.857. The van der Waals surface area contributed by atoms with E-state index in [0.29, 0.717) is 5.25 Å². The SMILES string of the molecule is O=C(O)C1CCC(S)CC1. The van der Waals surface area contributed by atoms with Gasteiger partial charge in [0.15, 0.2) is 0 Å². The maximum absolute atomic E-state index is 10.4. The summed E-state index contributed by atoms with van der Waals surface area (Å²) in [6.45, 7) is 0. The quantitative estimate of drug-likeness (QED) is 0.571. The van der Waals surface area contributed by atoms with E-state index in [1.54, 1.807) is 0 Å². The minimum absolute atomic E-state index is 0.0941. The predicted octanol–water partition coefficient (Wildman–Crippen LogP) is 1.56. The summed E-state index contributed by atoms with van der Waals surface area (Å²) >= 11 is 4.28. The van der Waals surface area contributed by atoms with Crippen LogP contribution in [0.1, 0.15) is 25.7 Å². The average molecular weight is 160 g/mol. The van der Waals surface area contributed by atoms with Crippen LogP contribution in [0.4, 0.5) is 0 Å². The second-order valence-electron chi connectivity index (χ2n) is 2.84. The molecule has 0 bridgehead atoms. The summed E-state index contributed by atoms with van der Waals surface area (Å²) in [6.07, 6.45) is 3.53. The van der Waals surface area contributed by atoms with Gasteiger partial charge in [-0.25, -0.2) is 0 Å². The minimum atomic E-state index is -0.639. The van der Waals surface area contributed by atoms with Crippen LogP contribution in [0.25, 0.3) is 0 Å². The molecule has 0 aromatic heterocycles. The zero-order chi connectivity index (χ0) is 7.56. The van der Waals surface area contributed by atoms with E-state index in [1.165, 1.54) is 0 Å². The molecule has 0 atom stereocenters. The lowest BCUT2D eigenvalue weighted by Gasteiger charge is -2.21. The van der Waals surface area contributed by atoms with Crippen LogP contribution < -0.4 is 0 Å². The van der Waals surface area contributed by atoms with E-state index >= 15 is 0 Å². The number of carboxylic acids is 1. The van der Waals surface area contributed by atoms with E-state index in [9.17, 15) is 4.79 Å². The van der Waals surface area contributed by atoms with Crippen molar-refractivity contribution in [2.45, 2.75) is 30.9 Å². The lowest BCUT2D eigenvalue weighted by molar-refractivity contribution is -0.142. The Hall–Kier alpha value is -0.180. The Bertz CT molecular complexity index is 128. The lowest BCUT2D eigenvalue weighted by Crippen LogP contribution is -2.21. The first-order valence-corrected chi connectivity index (χ1v) is 4.12. The fourth-order valence-corrected chi connectivity index (χ4v) is 1.62. The zero-order valence-electron chi connectivity index (χ0n) is 5.79. The maximum Gasteiger partial charge on any atom is 0.306 e. The molecule has 0 spiro atoms. The molecule has 0 aromatic rings. The summed E-state index contributed by atoms with van der Waals surface area (Å²) in [7, 11) is 0. The van der Waals surface area contributed by atoms with E-state index < -0.39 is 5.97 Å². The highest BCUT2D eigenvalue weighted by Gasteiger charge is 2.23. The molecule has 1 aliphatic rings. The molecular weight excluding hydrogens is 148 g/mol. The minimum Gasteiger partial charge on any atom is -0.481 e. The Morgan fingerprint density at radius 3 is 2.20 bits per heavy atom. The molecule has 0 aliphatic heterocycles. The van der Waals surface area contributed by atoms with Gasteiger partial charge in [0, 0.05) is 5.25 Å². The molecule has 1 N–H and O–H groups in total. The number of hydrogen-bond donors (Lipinski definition) is 2. The zero-order valence-corrected chi connectivity index (χ0v) is 6.68. The topological polar surface area (TPSA) is 37.3 Å². The van der Waals surface area contributed by atoms with E-state index in [1.807, 2.05) is 0 Å². The molecule has 0 amide bonds. The van der Waals surface area contributed by atoms with Gasteiger partial charge >= 0.3 is 5.97 Å². The largest absolute Gasteiger partial charge is 0.481 e. The first-order chi connectivity index (χ1) is 4.70. The van der Waals surface area contributed by atoms with Crippen LogP contribution in [0.15, 0.2) is 0 Å². The van der Waals surface area contributed by atoms with Crippen LogP contribution in [0.2, 0.25) is 0 Å². The molecule has 58 valence electrons. The van der Waals surface area contributed by atoms with E-state index in [-0.39, 0.29) is 5.92 Å². The molecule has 0 saturated heterocycles. The summed E-state index contributed by atoms with van der Waals surface area (Å²) in [5.41, 5.74) is 0. The van der Waals surface area contributed by atoms with Gasteiger partial charge in [0.05, 0.1) is 5.92 Å². The monoisotopic (exact) mass is 160 g/mol. The first kappa shape index (κ1) is 7.92. The van der Waals surface area contributed by atoms with Crippen LogP contribution in [0.3, 0.4) is 0 Å². The van der Waals surface area contributed by atoms with Crippen LogP contribution in [-0.4, -0.2) is 16.3 Å². The molecule has 3 heteroatoms. The number of carboxylic acid groups (broad SMARTS) is 1. The van der Waals surface area contributed by atoms with Crippen molar-refractivity contribution in [3.63, 3.8) is 0 Å². The molecule has 1 saturated carbocycles. The van der Waals surface area contributed by atoms with Crippen molar-refractivity contribution in [2.75, 3.05) is 0 Å². The summed E-state index contributed by atoms with van der Waals surface area (Å²) in [6, 6.07) is 0. The Morgan fingerprint density at radius 1 is 1.30 bits per heavy atom. The van der Waals surface area contributed by atoms with Gasteiger partial charge in [-0.3, -0.25) is 4.79 Å². The van der Waals surface area contributed by atoms with Gasteiger partial charge in [0.25, 0.3) is 0 Å². The number of aliphatic carboxylic acids is 1. The van der Waals surface area contributed by atoms with Crippen molar-refractivity contribution < 1.29 is 9.90 Å². The number of rotatable bonds is 1. The van der Waals surface area contributed by atoms with Crippen LogP contribution in [0.5, 0.6) is 0 Å². The highest BCUT2D eigenvalue weighted by molar-refractivity contribution is 7.80. The first-order valence-electron chi connectivity index (χ1n) is 3.61. The summed E-state index contributed by atoms with van der Waals surface area (Å²) in [5, 5.41) is 9.04. The Kier molecular flexibility index (Phi) is 2.60. The lowest BCUT2D eigenvalue weighted by atomic mass is 9.89. The molecule has 0 radical (unpaired) electrons. The van der Waals surface area contributed by atoms with Crippen molar-refractivity contribution in [1.82, 2.24) is 0 Å². The van der Waals surface area contributed by atoms with Crippen molar-refractivity contribution in [1.29, 1.82) is 0 Å². The molecule has 0 heterocycles. The van der Waals surface area contributed by atoms with E-state index in [4.69, 9.17) is 5.11 Å². The summed E-state index contributed by atoms with van der Waals surface area (Å²) in [5.74, 6) is -0.733. The highest BCUT2D eigenvalue weighted by Crippen LogP contribution is 2.27. The van der Waals surface area contributed by atoms with Gasteiger partial charge in [-0.2, -0.15) is 12.6 Å². The molecule has 1 rings (SSSR count). The molecule has 0 aromatic carbocycles. The Balaban J connectivity index is 2.33. The van der Waals surface area contributed by atoms with Gasteiger partial charge in [-0.1, -0.05) is 0 Å². The fourth-order valence-electron chi connectivity index (χ4n) is 1.32. The average Bonchev–Trinajstić information content (AvgIpc) is 1.88. The molecule has 10 heavy (non-hydrogen) atoms. The summed E-state index contributed by atoms with van der Waals surface area (Å²) in [4.78, 5) is 10.4. The van der Waals surface area contributed by atoms with Crippen LogP contribution in [-0.2, 0) is 4.79 Å². The highest BCUT2D eigenvalue weighted by atomic mass is 32.1. The molecule has 0 unspecified atom stereocenters. The number of thiol groups is 1. The van der Waals surface area contributed by atoms with Crippen LogP contribution in [0, 0.1) is 5.92 Å². The molecule has 1 aliphatic carbocycles. The van der Waals surface area contributed by atoms with Crippen molar-refractivity contribution in [3.8, 4) is 0 Å². The second kappa shape index (κ2) is 3.28. The Morgan fingerprint density at radius 2 is 1.80 bits per heavy atom. The molecule has 2 nitrogen and oxygen atoms in total. The van der Waals surface area contributed by atoms with Crippen LogP contribution >= 0.6 is 12.6 Å². The standard InChI is InChI=1S/C7H12O2S/c8-7(9)5-1-3-6(10)4-2-5/h5-6,10H,1-4H2,(H,8,9). The second-order valence-corrected chi connectivity index (χ2v) is 3.57. The van der Waals surface area contributed by atoms with Crippen molar-refractivity contribution >= 4 is 18.6 Å². The Labute approximate surface area is 66.0 Å². The molecule has 1 fully saturated rings. The normalized spacial score (nSPS) is 33.7. The number of carbonyl (C=O) groups is 1. The smallest absolute Gasteiger partial charge is 0.306 e. The number of hydrogen-bond acceptors (Lipinski definition) is 2. The predicted molar refractivity (Wildman–Crippen MR) is 42.4 cm³/mol. The van der Waals surface area contributed by atoms with E-state index in [2.05, 4.69) is 12.6 Å². The molecular formula is C7H12O2S. The van der Waals surface area contributed by atoms with Crippen molar-refractivity contribution in [2.24, 2.45) is 5.92 Å². The van der Waals surface area contributed by atoms with Gasteiger partial charge in [0.2, 0.25) is 0 Å². The van der Waals surface area contributed by atoms with Crippen molar-refractivity contribution in [3.05, 3.63) is 0 Å². The third-order valence-electron chi connectivity index (χ3n) is 2.05. The van der Waals surface area contributed by atoms with E-state index in [0.717, 1.165) is 25.7 Å². The van der Waals surface area contributed by atoms with Gasteiger partial charge in [0.1, 0.15) is 0 Å². The maximum atomic E-state index is 10.4.